The largest absolute Gasteiger partial charge is 0.496 e. The van der Waals surface area contributed by atoms with Gasteiger partial charge in [-0.15, -0.1) is 0 Å². The maximum Gasteiger partial charge on any atom is 0.347 e. The van der Waals surface area contributed by atoms with Crippen LogP contribution in [0.5, 0.6) is 5.75 Å². The van der Waals surface area contributed by atoms with Gasteiger partial charge in [0.05, 0.1) is 19.3 Å². The first-order chi connectivity index (χ1) is 12.5. The zero-order chi connectivity index (χ0) is 18.7. The summed E-state index contributed by atoms with van der Waals surface area (Å²) in [4.78, 5) is 27.7. The van der Waals surface area contributed by atoms with E-state index in [9.17, 15) is 19.1 Å². The summed E-state index contributed by atoms with van der Waals surface area (Å²) in [5.41, 5.74) is -0.0158. The van der Waals surface area contributed by atoms with E-state index in [2.05, 4.69) is 10.3 Å². The number of methoxy groups -OCH3 is 1. The number of aliphatic hydroxyl groups is 1. The summed E-state index contributed by atoms with van der Waals surface area (Å²) in [5, 5.41) is 12.5. The number of aromatic nitrogens is 2. The SMILES string of the molecule is COc1ccc(F)cc1[C@@H](NC(=O)Cn1cccnc1=O)C1CC(O)C1. The minimum absolute atomic E-state index is 0.0460. The average Bonchev–Trinajstić information content (AvgIpc) is 2.59. The van der Waals surface area contributed by atoms with Crippen molar-refractivity contribution >= 4 is 5.91 Å². The maximum atomic E-state index is 13.8. The Morgan fingerprint density at radius 1 is 1.50 bits per heavy atom. The highest BCUT2D eigenvalue weighted by Gasteiger charge is 2.37. The molecule has 1 saturated carbocycles. The predicted molar refractivity (Wildman–Crippen MR) is 91.1 cm³/mol. The van der Waals surface area contributed by atoms with Crippen molar-refractivity contribution in [3.63, 3.8) is 0 Å². The predicted octanol–water partition coefficient (Wildman–Crippen LogP) is 1.02. The van der Waals surface area contributed by atoms with E-state index in [4.69, 9.17) is 4.74 Å². The number of amides is 1. The monoisotopic (exact) mass is 361 g/mol. The Bertz CT molecular complexity index is 848. The zero-order valence-corrected chi connectivity index (χ0v) is 14.3. The lowest BCUT2D eigenvalue weighted by molar-refractivity contribution is -0.123. The van der Waals surface area contributed by atoms with E-state index in [0.717, 1.165) is 0 Å². The van der Waals surface area contributed by atoms with Crippen LogP contribution in [0.3, 0.4) is 0 Å². The molecule has 0 radical (unpaired) electrons. The Labute approximate surface area is 149 Å². The number of nitrogens with one attached hydrogen (secondary N) is 1. The van der Waals surface area contributed by atoms with Crippen molar-refractivity contribution < 1.29 is 19.0 Å². The van der Waals surface area contributed by atoms with E-state index < -0.39 is 29.6 Å². The van der Waals surface area contributed by atoms with Crippen LogP contribution in [0.25, 0.3) is 0 Å². The van der Waals surface area contributed by atoms with Crippen molar-refractivity contribution in [3.8, 4) is 5.75 Å². The molecule has 1 aromatic heterocycles. The van der Waals surface area contributed by atoms with Gasteiger partial charge in [0.1, 0.15) is 18.1 Å². The quantitative estimate of drug-likeness (QED) is 0.801. The molecule has 1 amide bonds. The molecule has 26 heavy (non-hydrogen) atoms. The van der Waals surface area contributed by atoms with Crippen molar-refractivity contribution in [2.24, 2.45) is 5.92 Å². The molecule has 1 aromatic carbocycles. The lowest BCUT2D eigenvalue weighted by atomic mass is 9.75. The highest BCUT2D eigenvalue weighted by atomic mass is 19.1. The van der Waals surface area contributed by atoms with Crippen LogP contribution in [0.4, 0.5) is 4.39 Å². The van der Waals surface area contributed by atoms with Gasteiger partial charge in [0.25, 0.3) is 0 Å². The van der Waals surface area contributed by atoms with Crippen molar-refractivity contribution in [3.05, 3.63) is 58.5 Å². The summed E-state index contributed by atoms with van der Waals surface area (Å²) in [5.74, 6) is -0.437. The van der Waals surface area contributed by atoms with Crippen molar-refractivity contribution in [1.82, 2.24) is 14.9 Å². The lowest BCUT2D eigenvalue weighted by Gasteiger charge is -2.38. The highest BCUT2D eigenvalue weighted by Crippen LogP contribution is 2.41. The fourth-order valence-electron chi connectivity index (χ4n) is 3.18. The molecule has 0 aliphatic heterocycles. The average molecular weight is 361 g/mol. The fourth-order valence-corrected chi connectivity index (χ4v) is 3.18. The molecule has 0 spiro atoms. The van der Waals surface area contributed by atoms with Gasteiger partial charge in [-0.1, -0.05) is 0 Å². The number of hydrogen-bond acceptors (Lipinski definition) is 5. The number of hydrogen-bond donors (Lipinski definition) is 2. The van der Waals surface area contributed by atoms with Gasteiger partial charge in [-0.2, -0.15) is 0 Å². The van der Waals surface area contributed by atoms with Crippen LogP contribution < -0.4 is 15.7 Å². The number of nitrogens with zero attached hydrogens (tertiary/aromatic N) is 2. The first kappa shape index (κ1) is 18.1. The summed E-state index contributed by atoms with van der Waals surface area (Å²) < 4.78 is 20.3. The van der Waals surface area contributed by atoms with Crippen LogP contribution in [0.15, 0.2) is 41.5 Å². The standard InChI is InChI=1S/C18H20FN3O4/c1-26-15-4-3-12(19)9-14(15)17(11-7-13(23)8-11)21-16(24)10-22-6-2-5-20-18(22)25/h2-6,9,11,13,17,23H,7-8,10H2,1H3,(H,21,24)/t11?,13?,17-/m0/s1. The first-order valence-corrected chi connectivity index (χ1v) is 8.30. The van der Waals surface area contributed by atoms with Crippen LogP contribution >= 0.6 is 0 Å². The van der Waals surface area contributed by atoms with Gasteiger partial charge in [-0.05, 0) is 43.0 Å². The van der Waals surface area contributed by atoms with E-state index in [1.807, 2.05) is 0 Å². The third-order valence-corrected chi connectivity index (χ3v) is 4.56. The normalized spacial score (nSPS) is 20.1. The lowest BCUT2D eigenvalue weighted by Crippen LogP contribution is -2.43. The van der Waals surface area contributed by atoms with E-state index in [-0.39, 0.29) is 12.5 Å². The van der Waals surface area contributed by atoms with Crippen molar-refractivity contribution in [1.29, 1.82) is 0 Å². The molecule has 3 rings (SSSR count). The van der Waals surface area contributed by atoms with Crippen molar-refractivity contribution in [2.75, 3.05) is 7.11 Å². The zero-order valence-electron chi connectivity index (χ0n) is 14.3. The number of rotatable bonds is 6. The second-order valence-electron chi connectivity index (χ2n) is 6.35. The molecule has 7 nitrogen and oxygen atoms in total. The third-order valence-electron chi connectivity index (χ3n) is 4.56. The number of ether oxygens (including phenoxy) is 1. The van der Waals surface area contributed by atoms with Gasteiger partial charge in [0.15, 0.2) is 0 Å². The molecule has 2 N–H and O–H groups in total. The summed E-state index contributed by atoms with van der Waals surface area (Å²) in [6, 6.07) is 5.15. The third kappa shape index (κ3) is 3.91. The highest BCUT2D eigenvalue weighted by molar-refractivity contribution is 5.76. The van der Waals surface area contributed by atoms with E-state index in [1.54, 1.807) is 6.07 Å². The van der Waals surface area contributed by atoms with Gasteiger partial charge in [0, 0.05) is 18.0 Å². The first-order valence-electron chi connectivity index (χ1n) is 8.30. The number of carbonyl (C=O) groups excluding carboxylic acids is 1. The van der Waals surface area contributed by atoms with Crippen molar-refractivity contribution in [2.45, 2.75) is 31.5 Å². The number of aliphatic hydroxyl groups excluding tert-OH is 1. The van der Waals surface area contributed by atoms with Crippen LogP contribution in [0.1, 0.15) is 24.4 Å². The Balaban J connectivity index is 1.83. The van der Waals surface area contributed by atoms with E-state index in [0.29, 0.717) is 24.2 Å². The number of benzene rings is 1. The van der Waals surface area contributed by atoms with Gasteiger partial charge in [-0.3, -0.25) is 9.36 Å². The molecule has 1 heterocycles. The summed E-state index contributed by atoms with van der Waals surface area (Å²) >= 11 is 0. The number of halogens is 1. The smallest absolute Gasteiger partial charge is 0.347 e. The van der Waals surface area contributed by atoms with Gasteiger partial charge >= 0.3 is 5.69 Å². The molecule has 8 heteroatoms. The molecule has 0 bridgehead atoms. The second kappa shape index (κ2) is 7.65. The minimum Gasteiger partial charge on any atom is -0.496 e. The summed E-state index contributed by atoms with van der Waals surface area (Å²) in [7, 11) is 1.47. The summed E-state index contributed by atoms with van der Waals surface area (Å²) in [6.45, 7) is -0.198. The van der Waals surface area contributed by atoms with Gasteiger partial charge in [-0.25, -0.2) is 14.2 Å². The minimum atomic E-state index is -0.526. The molecular formula is C18H20FN3O4. The fraction of sp³-hybridized carbons (Fsp3) is 0.389. The molecule has 0 unspecified atom stereocenters. The molecule has 1 atom stereocenters. The molecular weight excluding hydrogens is 341 g/mol. The molecule has 0 saturated heterocycles. The molecule has 138 valence electrons. The Kier molecular flexibility index (Phi) is 5.32. The molecule has 1 fully saturated rings. The van der Waals surface area contributed by atoms with E-state index in [1.165, 1.54) is 42.3 Å². The Morgan fingerprint density at radius 2 is 2.27 bits per heavy atom. The molecule has 1 aliphatic carbocycles. The van der Waals surface area contributed by atoms with Crippen LogP contribution in [0.2, 0.25) is 0 Å². The summed E-state index contributed by atoms with van der Waals surface area (Å²) in [6.07, 6.45) is 3.39. The van der Waals surface area contributed by atoms with E-state index >= 15 is 0 Å². The van der Waals surface area contributed by atoms with Crippen LogP contribution in [-0.4, -0.2) is 33.8 Å². The van der Waals surface area contributed by atoms with Gasteiger partial charge < -0.3 is 15.2 Å². The van der Waals surface area contributed by atoms with Gasteiger partial charge in [0.2, 0.25) is 5.91 Å². The maximum absolute atomic E-state index is 13.8. The molecule has 2 aromatic rings. The Hall–Kier alpha value is -2.74. The van der Waals surface area contributed by atoms with Crippen LogP contribution in [0, 0.1) is 11.7 Å². The molecule has 1 aliphatic rings. The van der Waals surface area contributed by atoms with Crippen LogP contribution in [-0.2, 0) is 11.3 Å². The topological polar surface area (TPSA) is 93.5 Å². The second-order valence-corrected chi connectivity index (χ2v) is 6.35. The Morgan fingerprint density at radius 3 is 2.92 bits per heavy atom. The number of carbonyl (C=O) groups is 1.